The topological polar surface area (TPSA) is 172 Å². The molecule has 2 aliphatic rings. The molecule has 0 saturated carbocycles. The van der Waals surface area contributed by atoms with Gasteiger partial charge in [-0.1, -0.05) is 52.0 Å². The van der Waals surface area contributed by atoms with Gasteiger partial charge in [0, 0.05) is 18.7 Å². The van der Waals surface area contributed by atoms with Gasteiger partial charge in [0.1, 0.15) is 23.4 Å². The highest BCUT2D eigenvalue weighted by molar-refractivity contribution is 5.89. The molecule has 0 spiro atoms. The fourth-order valence-corrected chi connectivity index (χ4v) is 8.42. The Bertz CT molecular complexity index is 2330. The number of carbonyl (C=O) groups is 4. The van der Waals surface area contributed by atoms with E-state index in [9.17, 15) is 19.2 Å². The summed E-state index contributed by atoms with van der Waals surface area (Å²) in [7, 11) is 4.30. The summed E-state index contributed by atoms with van der Waals surface area (Å²) in [6.07, 6.45) is 2.67. The predicted molar refractivity (Wildman–Crippen MR) is 220 cm³/mol. The quantitative estimate of drug-likeness (QED) is 0.110. The minimum atomic E-state index is -0.704. The highest BCUT2D eigenvalue weighted by Crippen LogP contribution is 2.39. The van der Waals surface area contributed by atoms with Crippen molar-refractivity contribution in [3.63, 3.8) is 0 Å². The first kappa shape index (κ1) is 40.3. The number of rotatable bonds is 12. The number of nitrogens with one attached hydrogen (secondary N) is 3. The number of fused-ring (bicyclic) bond motifs is 2. The maximum absolute atomic E-state index is 13.7. The number of hydrogen-bond acceptors (Lipinski definition) is 9. The zero-order chi connectivity index (χ0) is 41.2. The number of ether oxygens (including phenoxy) is 3. The van der Waals surface area contributed by atoms with Crippen molar-refractivity contribution < 1.29 is 33.4 Å². The van der Waals surface area contributed by atoms with Crippen LogP contribution in [-0.2, 0) is 23.9 Å². The second-order valence-corrected chi connectivity index (χ2v) is 16.0. The molecule has 2 fully saturated rings. The average Bonchev–Trinajstić information content (AvgIpc) is 4.05. The van der Waals surface area contributed by atoms with Gasteiger partial charge in [0.25, 0.3) is 0 Å². The van der Waals surface area contributed by atoms with Crippen molar-refractivity contribution in [1.82, 2.24) is 35.1 Å². The molecule has 4 heterocycles. The molecule has 7 rings (SSSR count). The first-order chi connectivity index (χ1) is 27.9. The second-order valence-electron chi connectivity index (χ2n) is 16.0. The summed E-state index contributed by atoms with van der Waals surface area (Å²) >= 11 is 0. The molecule has 306 valence electrons. The molecule has 5 aromatic rings. The minimum Gasteiger partial charge on any atom is -0.496 e. The van der Waals surface area contributed by atoms with Gasteiger partial charge in [0.15, 0.2) is 0 Å². The summed E-state index contributed by atoms with van der Waals surface area (Å²) in [5, 5.41) is 2.71. The summed E-state index contributed by atoms with van der Waals surface area (Å²) in [5.74, 6) is 1.00. The monoisotopic (exact) mass is 791 g/mol. The third-order valence-electron chi connectivity index (χ3n) is 11.7. The first-order valence-electron chi connectivity index (χ1n) is 20.1. The molecule has 14 nitrogen and oxygen atoms in total. The van der Waals surface area contributed by atoms with E-state index in [1.165, 1.54) is 14.2 Å². The van der Waals surface area contributed by atoms with Crippen LogP contribution in [0, 0.1) is 17.8 Å². The van der Waals surface area contributed by atoms with Crippen molar-refractivity contribution in [3.8, 4) is 28.0 Å². The first-order valence-corrected chi connectivity index (χ1v) is 20.1. The molecule has 0 bridgehead atoms. The lowest BCUT2D eigenvalue weighted by atomic mass is 9.91. The van der Waals surface area contributed by atoms with E-state index in [0.717, 1.165) is 81.7 Å². The van der Waals surface area contributed by atoms with E-state index in [4.69, 9.17) is 24.2 Å². The van der Waals surface area contributed by atoms with Crippen LogP contribution in [0.15, 0.2) is 54.6 Å². The molecule has 2 aromatic heterocycles. The van der Waals surface area contributed by atoms with Crippen molar-refractivity contribution in [2.75, 3.05) is 34.4 Å². The summed E-state index contributed by atoms with van der Waals surface area (Å²) in [4.78, 5) is 72.0. The Hall–Kier alpha value is -5.92. The van der Waals surface area contributed by atoms with Crippen molar-refractivity contribution >= 4 is 45.9 Å². The molecular formula is C44H53N7O7. The summed E-state index contributed by atoms with van der Waals surface area (Å²) < 4.78 is 15.6. The van der Waals surface area contributed by atoms with Crippen LogP contribution in [0.25, 0.3) is 44.3 Å². The Morgan fingerprint density at radius 2 is 1.28 bits per heavy atom. The third-order valence-corrected chi connectivity index (χ3v) is 11.7. The number of likely N-dealkylation sites (tertiary alicyclic amines) is 2. The van der Waals surface area contributed by atoms with Crippen molar-refractivity contribution in [2.24, 2.45) is 17.8 Å². The molecule has 0 aliphatic carbocycles. The smallest absolute Gasteiger partial charge is 0.407 e. The number of esters is 1. The third kappa shape index (κ3) is 7.96. The van der Waals surface area contributed by atoms with Gasteiger partial charge in [-0.2, -0.15) is 0 Å². The number of aromatic amines is 2. The molecule has 4 atom stereocenters. The van der Waals surface area contributed by atoms with E-state index >= 15 is 0 Å². The zero-order valence-electron chi connectivity index (χ0n) is 34.3. The number of H-pyrrole nitrogens is 2. The maximum atomic E-state index is 13.7. The average molecular weight is 792 g/mol. The number of carbonyl (C=O) groups excluding carboxylic acids is 4. The minimum absolute atomic E-state index is 0.0110. The number of nitrogens with zero attached hydrogens (tertiary/aromatic N) is 4. The molecular weight excluding hydrogens is 739 g/mol. The highest BCUT2D eigenvalue weighted by Gasteiger charge is 2.39. The van der Waals surface area contributed by atoms with Gasteiger partial charge in [-0.25, -0.2) is 14.8 Å². The van der Waals surface area contributed by atoms with Crippen LogP contribution >= 0.6 is 0 Å². The summed E-state index contributed by atoms with van der Waals surface area (Å²) in [5.41, 5.74) is 7.13. The number of imidazole rings is 2. The van der Waals surface area contributed by atoms with Crippen LogP contribution in [0.1, 0.15) is 83.5 Å². The Morgan fingerprint density at radius 3 is 1.83 bits per heavy atom. The molecule has 2 aliphatic heterocycles. The molecule has 14 heteroatoms. The number of alkyl carbamates (subject to hydrolysis) is 1. The van der Waals surface area contributed by atoms with Crippen LogP contribution in [0.5, 0.6) is 5.75 Å². The van der Waals surface area contributed by atoms with Crippen LogP contribution in [0.2, 0.25) is 0 Å². The Kier molecular flexibility index (Phi) is 11.7. The zero-order valence-corrected chi connectivity index (χ0v) is 34.3. The van der Waals surface area contributed by atoms with E-state index < -0.39 is 18.1 Å². The van der Waals surface area contributed by atoms with Gasteiger partial charge in [-0.15, -0.1) is 0 Å². The van der Waals surface area contributed by atoms with E-state index in [1.807, 2.05) is 67.8 Å². The maximum Gasteiger partial charge on any atom is 0.407 e. The fourth-order valence-electron chi connectivity index (χ4n) is 8.42. The van der Waals surface area contributed by atoms with Crippen LogP contribution in [0.3, 0.4) is 0 Å². The lowest BCUT2D eigenvalue weighted by molar-refractivity contribution is -0.148. The van der Waals surface area contributed by atoms with Gasteiger partial charge in [0.2, 0.25) is 11.8 Å². The van der Waals surface area contributed by atoms with Gasteiger partial charge in [-0.05, 0) is 84.5 Å². The van der Waals surface area contributed by atoms with Crippen molar-refractivity contribution in [2.45, 2.75) is 77.9 Å². The fraction of sp³-hybridized carbons (Fsp3) is 0.455. The van der Waals surface area contributed by atoms with E-state index in [0.29, 0.717) is 18.8 Å². The predicted octanol–water partition coefficient (Wildman–Crippen LogP) is 7.32. The largest absolute Gasteiger partial charge is 0.496 e. The molecule has 3 amide bonds. The molecule has 2 saturated heterocycles. The molecule has 3 aromatic carbocycles. The Labute approximate surface area is 338 Å². The number of hydrogen-bond donors (Lipinski definition) is 3. The van der Waals surface area contributed by atoms with E-state index in [2.05, 4.69) is 39.6 Å². The Morgan fingerprint density at radius 1 is 0.724 bits per heavy atom. The van der Waals surface area contributed by atoms with Gasteiger partial charge >= 0.3 is 12.1 Å². The molecule has 0 radical (unpaired) electrons. The van der Waals surface area contributed by atoms with Crippen LogP contribution < -0.4 is 10.1 Å². The van der Waals surface area contributed by atoms with Crippen LogP contribution in [0.4, 0.5) is 4.79 Å². The number of amides is 3. The van der Waals surface area contributed by atoms with E-state index in [-0.39, 0.29) is 48.1 Å². The highest BCUT2D eigenvalue weighted by atomic mass is 16.5. The number of methoxy groups -OCH3 is 3. The Balaban J connectivity index is 1.11. The van der Waals surface area contributed by atoms with Gasteiger partial charge in [-0.3, -0.25) is 14.4 Å². The lowest BCUT2D eigenvalue weighted by Crippen LogP contribution is -2.51. The number of aromatic nitrogens is 4. The van der Waals surface area contributed by atoms with Gasteiger partial charge < -0.3 is 39.3 Å². The van der Waals surface area contributed by atoms with Gasteiger partial charge in [0.05, 0.1) is 67.8 Å². The lowest BCUT2D eigenvalue weighted by Gasteiger charge is -2.29. The standard InChI is InChI=1S/C44H53N7O7/c1-24(2)30(23-38(52)57-6)42(53)50-18-8-10-35(50)40-46-32-17-14-28(21-34(32)48-40)29-15-12-27(22-37(29)56-5)26-13-16-31-33(20-26)47-41(45-31)36-11-9-19-51(36)43(54)39(25(3)4)49-44(55)58-7/h12-17,20-22,24-25,30,35-36,39H,8-11,18-19,23H2,1-7H3,(H,45,47)(H,46,48)(H,49,55)/t30-,35-,36-,39-/m0/s1. The normalized spacial score (nSPS) is 17.9. The second kappa shape index (κ2) is 16.9. The summed E-state index contributed by atoms with van der Waals surface area (Å²) in [6.45, 7) is 8.92. The van der Waals surface area contributed by atoms with Crippen molar-refractivity contribution in [3.05, 3.63) is 66.2 Å². The number of benzene rings is 3. The summed E-state index contributed by atoms with van der Waals surface area (Å²) in [6, 6.07) is 17.1. The molecule has 3 N–H and O–H groups in total. The van der Waals surface area contributed by atoms with Crippen LogP contribution in [-0.4, -0.2) is 94.1 Å². The molecule has 58 heavy (non-hydrogen) atoms. The van der Waals surface area contributed by atoms with E-state index in [1.54, 1.807) is 7.11 Å². The van der Waals surface area contributed by atoms with Crippen molar-refractivity contribution in [1.29, 1.82) is 0 Å². The SMILES string of the molecule is COC(=O)C[C@H](C(=O)N1CCC[C@H]1c1nc2ccc(-c3ccc(-c4ccc5nc([C@@H]6CCCN6C(=O)[C@@H](NC(=O)OC)C(C)C)[nH]c5c4)cc3OC)cc2[nH]1)C(C)C. The molecule has 0 unspecified atom stereocenters.